The van der Waals surface area contributed by atoms with Crippen LogP contribution in [0.5, 0.6) is 0 Å². The largest absolute Gasteiger partial charge is 0.411 e. The maximum absolute atomic E-state index is 11.9. The standard InChI is InChI=1S/C14H19F3N2O2/c15-14(16,17)10-21-7-6-19-13(20)12(9-18)8-11-4-2-1-3-5-11/h1-5,12H,6-10,18H2,(H,19,20). The molecule has 118 valence electrons. The van der Waals surface area contributed by atoms with E-state index in [1.54, 1.807) is 0 Å². The summed E-state index contributed by atoms with van der Waals surface area (Å²) in [5.41, 5.74) is 6.55. The second-order valence-electron chi connectivity index (χ2n) is 4.58. The van der Waals surface area contributed by atoms with Crippen molar-refractivity contribution in [2.45, 2.75) is 12.6 Å². The Balaban J connectivity index is 2.29. The first-order chi connectivity index (χ1) is 9.92. The van der Waals surface area contributed by atoms with Gasteiger partial charge < -0.3 is 15.8 Å². The average molecular weight is 304 g/mol. The SMILES string of the molecule is NCC(Cc1ccccc1)C(=O)NCCOCC(F)(F)F. The van der Waals surface area contributed by atoms with Crippen molar-refractivity contribution in [3.63, 3.8) is 0 Å². The molecule has 0 aliphatic carbocycles. The minimum absolute atomic E-state index is 0.0280. The van der Waals surface area contributed by atoms with E-state index in [2.05, 4.69) is 10.1 Å². The molecule has 1 aromatic carbocycles. The van der Waals surface area contributed by atoms with Crippen LogP contribution in [0.15, 0.2) is 30.3 Å². The van der Waals surface area contributed by atoms with Crippen LogP contribution in [0, 0.1) is 5.92 Å². The van der Waals surface area contributed by atoms with E-state index in [-0.39, 0.29) is 25.6 Å². The van der Waals surface area contributed by atoms with Crippen LogP contribution in [0.25, 0.3) is 0 Å². The number of rotatable bonds is 8. The van der Waals surface area contributed by atoms with Crippen LogP contribution >= 0.6 is 0 Å². The number of alkyl halides is 3. The van der Waals surface area contributed by atoms with Crippen LogP contribution in [-0.4, -0.2) is 38.4 Å². The minimum Gasteiger partial charge on any atom is -0.370 e. The Morgan fingerprint density at radius 2 is 1.95 bits per heavy atom. The van der Waals surface area contributed by atoms with E-state index in [0.29, 0.717) is 6.42 Å². The highest BCUT2D eigenvalue weighted by Gasteiger charge is 2.27. The van der Waals surface area contributed by atoms with Gasteiger partial charge in [-0.05, 0) is 12.0 Å². The molecular weight excluding hydrogens is 285 g/mol. The molecule has 0 saturated heterocycles. The van der Waals surface area contributed by atoms with Crippen LogP contribution < -0.4 is 11.1 Å². The molecule has 1 unspecified atom stereocenters. The normalized spacial score (nSPS) is 13.0. The number of halogens is 3. The first kappa shape index (κ1) is 17.5. The third kappa shape index (κ3) is 7.67. The zero-order valence-corrected chi connectivity index (χ0v) is 11.5. The third-order valence-electron chi connectivity index (χ3n) is 2.79. The summed E-state index contributed by atoms with van der Waals surface area (Å²) in [5, 5.41) is 2.53. The predicted molar refractivity (Wildman–Crippen MR) is 72.6 cm³/mol. The molecule has 7 heteroatoms. The number of carbonyl (C=O) groups is 1. The number of nitrogens with two attached hydrogens (primary N) is 1. The minimum atomic E-state index is -4.35. The summed E-state index contributed by atoms with van der Waals surface area (Å²) in [7, 11) is 0. The van der Waals surface area contributed by atoms with Crippen molar-refractivity contribution in [2.24, 2.45) is 11.7 Å². The Kier molecular flexibility index (Phi) is 7.18. The van der Waals surface area contributed by atoms with Crippen LogP contribution in [0.2, 0.25) is 0 Å². The second kappa shape index (κ2) is 8.63. The lowest BCUT2D eigenvalue weighted by molar-refractivity contribution is -0.173. The predicted octanol–water partition coefficient (Wildman–Crippen LogP) is 1.50. The van der Waals surface area contributed by atoms with Crippen molar-refractivity contribution < 1.29 is 22.7 Å². The molecule has 4 nitrogen and oxygen atoms in total. The number of ether oxygens (including phenoxy) is 1. The van der Waals surface area contributed by atoms with Gasteiger partial charge in [0, 0.05) is 13.1 Å². The number of nitrogens with one attached hydrogen (secondary N) is 1. The zero-order chi connectivity index (χ0) is 15.7. The van der Waals surface area contributed by atoms with Gasteiger partial charge in [-0.15, -0.1) is 0 Å². The molecule has 1 aromatic rings. The van der Waals surface area contributed by atoms with E-state index >= 15 is 0 Å². The zero-order valence-electron chi connectivity index (χ0n) is 11.5. The van der Waals surface area contributed by atoms with Crippen molar-refractivity contribution >= 4 is 5.91 Å². The highest BCUT2D eigenvalue weighted by Crippen LogP contribution is 2.14. The van der Waals surface area contributed by atoms with Gasteiger partial charge in [0.25, 0.3) is 0 Å². The summed E-state index contributed by atoms with van der Waals surface area (Å²) in [5.74, 6) is -0.688. The van der Waals surface area contributed by atoms with Crippen molar-refractivity contribution in [3.05, 3.63) is 35.9 Å². The summed E-state index contributed by atoms with van der Waals surface area (Å²) >= 11 is 0. The number of amides is 1. The Morgan fingerprint density at radius 1 is 1.29 bits per heavy atom. The van der Waals surface area contributed by atoms with Gasteiger partial charge in [-0.25, -0.2) is 0 Å². The number of carbonyl (C=O) groups excluding carboxylic acids is 1. The Labute approximate surface area is 121 Å². The van der Waals surface area contributed by atoms with Crippen LogP contribution in [0.3, 0.4) is 0 Å². The van der Waals surface area contributed by atoms with Gasteiger partial charge in [0.2, 0.25) is 5.91 Å². The Bertz CT molecular complexity index is 424. The second-order valence-corrected chi connectivity index (χ2v) is 4.58. The van der Waals surface area contributed by atoms with Crippen molar-refractivity contribution in [3.8, 4) is 0 Å². The lowest BCUT2D eigenvalue weighted by Crippen LogP contribution is -2.38. The smallest absolute Gasteiger partial charge is 0.370 e. The van der Waals surface area contributed by atoms with Gasteiger partial charge in [-0.3, -0.25) is 4.79 Å². The van der Waals surface area contributed by atoms with Gasteiger partial charge in [-0.2, -0.15) is 13.2 Å². The molecule has 0 spiro atoms. The van der Waals surface area contributed by atoms with Gasteiger partial charge in [0.15, 0.2) is 0 Å². The van der Waals surface area contributed by atoms with E-state index in [1.807, 2.05) is 30.3 Å². The Morgan fingerprint density at radius 3 is 2.52 bits per heavy atom. The number of hydrogen-bond acceptors (Lipinski definition) is 3. The first-order valence-electron chi connectivity index (χ1n) is 6.58. The topological polar surface area (TPSA) is 64.4 Å². The first-order valence-corrected chi connectivity index (χ1v) is 6.58. The summed E-state index contributed by atoms with van der Waals surface area (Å²) < 4.78 is 39.9. The number of benzene rings is 1. The molecule has 0 aliphatic heterocycles. The van der Waals surface area contributed by atoms with E-state index in [0.717, 1.165) is 5.56 Å². The van der Waals surface area contributed by atoms with Crippen LogP contribution in [0.1, 0.15) is 5.56 Å². The van der Waals surface area contributed by atoms with Crippen molar-refractivity contribution in [2.75, 3.05) is 26.3 Å². The molecule has 1 rings (SSSR count). The van der Waals surface area contributed by atoms with Crippen molar-refractivity contribution in [1.29, 1.82) is 0 Å². The maximum atomic E-state index is 11.9. The van der Waals surface area contributed by atoms with E-state index < -0.39 is 18.7 Å². The van der Waals surface area contributed by atoms with Crippen LogP contribution in [0.4, 0.5) is 13.2 Å². The summed E-state index contributed by atoms with van der Waals surface area (Å²) in [6.07, 6.45) is -3.86. The van der Waals surface area contributed by atoms with Gasteiger partial charge in [0.05, 0.1) is 12.5 Å². The molecule has 1 amide bonds. The molecular formula is C14H19F3N2O2. The summed E-state index contributed by atoms with van der Waals surface area (Å²) in [6.45, 7) is -1.30. The van der Waals surface area contributed by atoms with E-state index in [9.17, 15) is 18.0 Å². The molecule has 0 aromatic heterocycles. The lowest BCUT2D eigenvalue weighted by Gasteiger charge is -2.15. The summed E-state index contributed by atoms with van der Waals surface area (Å²) in [6, 6.07) is 9.39. The molecule has 0 aliphatic rings. The molecule has 0 radical (unpaired) electrons. The fourth-order valence-corrected chi connectivity index (χ4v) is 1.76. The number of hydrogen-bond donors (Lipinski definition) is 2. The van der Waals surface area contributed by atoms with Gasteiger partial charge in [-0.1, -0.05) is 30.3 Å². The lowest BCUT2D eigenvalue weighted by atomic mass is 9.98. The fourth-order valence-electron chi connectivity index (χ4n) is 1.76. The fraction of sp³-hybridized carbons (Fsp3) is 0.500. The molecule has 21 heavy (non-hydrogen) atoms. The van der Waals surface area contributed by atoms with Crippen molar-refractivity contribution in [1.82, 2.24) is 5.32 Å². The van der Waals surface area contributed by atoms with Gasteiger partial charge >= 0.3 is 6.18 Å². The molecule has 0 fully saturated rings. The highest BCUT2D eigenvalue weighted by molar-refractivity contribution is 5.79. The molecule has 1 atom stereocenters. The molecule has 3 N–H and O–H groups in total. The third-order valence-corrected chi connectivity index (χ3v) is 2.79. The molecule has 0 bridgehead atoms. The maximum Gasteiger partial charge on any atom is 0.411 e. The van der Waals surface area contributed by atoms with E-state index in [1.165, 1.54) is 0 Å². The monoisotopic (exact) mass is 304 g/mol. The highest BCUT2D eigenvalue weighted by atomic mass is 19.4. The quantitative estimate of drug-likeness (QED) is 0.715. The molecule has 0 saturated carbocycles. The van der Waals surface area contributed by atoms with Gasteiger partial charge in [0.1, 0.15) is 6.61 Å². The summed E-state index contributed by atoms with van der Waals surface area (Å²) in [4.78, 5) is 11.9. The van der Waals surface area contributed by atoms with E-state index in [4.69, 9.17) is 5.73 Å². The van der Waals surface area contributed by atoms with Crippen LogP contribution in [-0.2, 0) is 16.0 Å². The molecule has 0 heterocycles. The Hall–Kier alpha value is -1.60. The average Bonchev–Trinajstić information content (AvgIpc) is 2.44.